The lowest BCUT2D eigenvalue weighted by atomic mass is 9.80. The van der Waals surface area contributed by atoms with E-state index in [4.69, 9.17) is 5.73 Å². The third kappa shape index (κ3) is 1.53. The summed E-state index contributed by atoms with van der Waals surface area (Å²) < 4.78 is 2.17. The Hall–Kier alpha value is -0.760. The predicted octanol–water partition coefficient (Wildman–Crippen LogP) is 1.62. The van der Waals surface area contributed by atoms with Crippen LogP contribution >= 0.6 is 0 Å². The highest BCUT2D eigenvalue weighted by Gasteiger charge is 2.23. The van der Waals surface area contributed by atoms with E-state index in [2.05, 4.69) is 17.0 Å². The maximum atomic E-state index is 6.05. The molecule has 1 aromatic heterocycles. The monoisotopic (exact) mass is 164 g/mol. The third-order valence-electron chi connectivity index (χ3n) is 2.84. The van der Waals surface area contributed by atoms with Gasteiger partial charge in [-0.25, -0.2) is 0 Å². The van der Waals surface area contributed by atoms with Crippen LogP contribution in [-0.2, 0) is 6.54 Å². The van der Waals surface area contributed by atoms with Gasteiger partial charge in [-0.15, -0.1) is 0 Å². The Morgan fingerprint density at radius 1 is 1.33 bits per heavy atom. The summed E-state index contributed by atoms with van der Waals surface area (Å²) in [6.07, 6.45) is 8.21. The minimum Gasteiger partial charge on any atom is -0.353 e. The molecule has 1 heterocycles. The average molecular weight is 164 g/mol. The summed E-state index contributed by atoms with van der Waals surface area (Å²) in [7, 11) is 0. The Morgan fingerprint density at radius 3 is 2.50 bits per heavy atom. The molecule has 1 aliphatic carbocycles. The summed E-state index contributed by atoms with van der Waals surface area (Å²) >= 11 is 0. The standard InChI is InChI=1S/C10H16N2/c11-10(9-4-3-5-9)8-12-6-1-2-7-12/h1-2,6-7,9-10H,3-5,8,11H2. The highest BCUT2D eigenvalue weighted by atomic mass is 15.0. The molecule has 0 amide bonds. The first-order chi connectivity index (χ1) is 5.86. The van der Waals surface area contributed by atoms with Crippen molar-refractivity contribution >= 4 is 0 Å². The molecule has 1 aromatic rings. The number of nitrogens with two attached hydrogens (primary N) is 1. The molecular weight excluding hydrogens is 148 g/mol. The number of hydrogen-bond donors (Lipinski definition) is 1. The molecule has 2 heteroatoms. The van der Waals surface area contributed by atoms with Crippen LogP contribution < -0.4 is 5.73 Å². The summed E-state index contributed by atoms with van der Waals surface area (Å²) in [4.78, 5) is 0. The molecule has 12 heavy (non-hydrogen) atoms. The molecule has 0 spiro atoms. The summed E-state index contributed by atoms with van der Waals surface area (Å²) in [5, 5.41) is 0. The fraction of sp³-hybridized carbons (Fsp3) is 0.600. The van der Waals surface area contributed by atoms with Crippen molar-refractivity contribution in [3.05, 3.63) is 24.5 Å². The molecular formula is C10H16N2. The van der Waals surface area contributed by atoms with Gasteiger partial charge in [-0.1, -0.05) is 6.42 Å². The van der Waals surface area contributed by atoms with Gasteiger partial charge >= 0.3 is 0 Å². The summed E-state index contributed by atoms with van der Waals surface area (Å²) in [5.41, 5.74) is 6.05. The maximum absolute atomic E-state index is 6.05. The molecule has 0 saturated heterocycles. The SMILES string of the molecule is NC(Cn1cccc1)C1CCC1. The van der Waals surface area contributed by atoms with Crippen molar-refractivity contribution in [3.8, 4) is 0 Å². The summed E-state index contributed by atoms with van der Waals surface area (Å²) in [6.45, 7) is 0.984. The van der Waals surface area contributed by atoms with E-state index in [1.165, 1.54) is 19.3 Å². The van der Waals surface area contributed by atoms with Gasteiger partial charge in [-0.3, -0.25) is 0 Å². The fourth-order valence-electron chi connectivity index (χ4n) is 1.75. The molecule has 0 radical (unpaired) electrons. The predicted molar refractivity (Wildman–Crippen MR) is 49.7 cm³/mol. The fourth-order valence-corrected chi connectivity index (χ4v) is 1.75. The van der Waals surface area contributed by atoms with E-state index >= 15 is 0 Å². The van der Waals surface area contributed by atoms with Gasteiger partial charge in [0.05, 0.1) is 0 Å². The van der Waals surface area contributed by atoms with Crippen molar-refractivity contribution < 1.29 is 0 Å². The molecule has 2 nitrogen and oxygen atoms in total. The molecule has 2 rings (SSSR count). The number of aromatic nitrogens is 1. The Kier molecular flexibility index (Phi) is 2.17. The van der Waals surface area contributed by atoms with Gasteiger partial charge in [-0.2, -0.15) is 0 Å². The summed E-state index contributed by atoms with van der Waals surface area (Å²) in [6, 6.07) is 4.47. The minimum absolute atomic E-state index is 0.367. The Morgan fingerprint density at radius 2 is 2.00 bits per heavy atom. The van der Waals surface area contributed by atoms with E-state index in [9.17, 15) is 0 Å². The van der Waals surface area contributed by atoms with Crippen molar-refractivity contribution in [2.75, 3.05) is 0 Å². The van der Waals surface area contributed by atoms with E-state index in [0.29, 0.717) is 6.04 Å². The second-order valence-corrected chi connectivity index (χ2v) is 3.73. The van der Waals surface area contributed by atoms with E-state index < -0.39 is 0 Å². The van der Waals surface area contributed by atoms with Crippen LogP contribution in [0.4, 0.5) is 0 Å². The van der Waals surface area contributed by atoms with Crippen LogP contribution in [0.3, 0.4) is 0 Å². The number of nitrogens with zero attached hydrogens (tertiary/aromatic N) is 1. The zero-order chi connectivity index (χ0) is 8.39. The van der Waals surface area contributed by atoms with E-state index in [-0.39, 0.29) is 0 Å². The first-order valence-corrected chi connectivity index (χ1v) is 4.72. The lowest BCUT2D eigenvalue weighted by Gasteiger charge is -2.31. The first kappa shape index (κ1) is 7.87. The molecule has 1 fully saturated rings. The van der Waals surface area contributed by atoms with E-state index in [1.807, 2.05) is 12.1 Å². The maximum Gasteiger partial charge on any atom is 0.0374 e. The lowest BCUT2D eigenvalue weighted by molar-refractivity contribution is 0.244. The largest absolute Gasteiger partial charge is 0.353 e. The Bertz CT molecular complexity index is 224. The second-order valence-electron chi connectivity index (χ2n) is 3.73. The molecule has 1 unspecified atom stereocenters. The Labute approximate surface area is 73.4 Å². The van der Waals surface area contributed by atoms with Crippen LogP contribution in [0.2, 0.25) is 0 Å². The van der Waals surface area contributed by atoms with Crippen molar-refractivity contribution in [1.29, 1.82) is 0 Å². The topological polar surface area (TPSA) is 30.9 Å². The number of rotatable bonds is 3. The molecule has 1 aliphatic rings. The molecule has 0 bridgehead atoms. The molecule has 1 saturated carbocycles. The molecule has 1 atom stereocenters. The van der Waals surface area contributed by atoms with Crippen molar-refractivity contribution in [1.82, 2.24) is 4.57 Å². The van der Waals surface area contributed by atoms with Crippen LogP contribution in [0.15, 0.2) is 24.5 Å². The van der Waals surface area contributed by atoms with Crippen LogP contribution in [0.5, 0.6) is 0 Å². The summed E-state index contributed by atoms with van der Waals surface area (Å²) in [5.74, 6) is 0.785. The second kappa shape index (κ2) is 3.31. The highest BCUT2D eigenvalue weighted by molar-refractivity contribution is 4.92. The van der Waals surface area contributed by atoms with Crippen molar-refractivity contribution in [3.63, 3.8) is 0 Å². The number of hydrogen-bond acceptors (Lipinski definition) is 1. The van der Waals surface area contributed by atoms with Crippen LogP contribution in [0.1, 0.15) is 19.3 Å². The van der Waals surface area contributed by atoms with Gasteiger partial charge in [0.15, 0.2) is 0 Å². The van der Waals surface area contributed by atoms with Crippen molar-refractivity contribution in [2.45, 2.75) is 31.8 Å². The molecule has 0 aromatic carbocycles. The molecule has 0 aliphatic heterocycles. The third-order valence-corrected chi connectivity index (χ3v) is 2.84. The quantitative estimate of drug-likeness (QED) is 0.723. The van der Waals surface area contributed by atoms with Gasteiger partial charge in [-0.05, 0) is 30.9 Å². The van der Waals surface area contributed by atoms with Crippen LogP contribution in [0, 0.1) is 5.92 Å². The van der Waals surface area contributed by atoms with E-state index in [0.717, 1.165) is 12.5 Å². The minimum atomic E-state index is 0.367. The van der Waals surface area contributed by atoms with Gasteiger partial charge < -0.3 is 10.3 Å². The van der Waals surface area contributed by atoms with Crippen LogP contribution in [-0.4, -0.2) is 10.6 Å². The van der Waals surface area contributed by atoms with Gasteiger partial charge in [0, 0.05) is 25.0 Å². The highest BCUT2D eigenvalue weighted by Crippen LogP contribution is 2.29. The van der Waals surface area contributed by atoms with Gasteiger partial charge in [0.1, 0.15) is 0 Å². The zero-order valence-electron chi connectivity index (χ0n) is 7.32. The van der Waals surface area contributed by atoms with Gasteiger partial charge in [0.25, 0.3) is 0 Å². The van der Waals surface area contributed by atoms with E-state index in [1.54, 1.807) is 0 Å². The van der Waals surface area contributed by atoms with Crippen molar-refractivity contribution in [2.24, 2.45) is 11.7 Å². The first-order valence-electron chi connectivity index (χ1n) is 4.72. The van der Waals surface area contributed by atoms with Crippen LogP contribution in [0.25, 0.3) is 0 Å². The Balaban J connectivity index is 1.86. The lowest BCUT2D eigenvalue weighted by Crippen LogP contribution is -2.37. The smallest absolute Gasteiger partial charge is 0.0374 e. The average Bonchev–Trinajstić information content (AvgIpc) is 2.34. The normalized spacial score (nSPS) is 20.4. The molecule has 66 valence electrons. The molecule has 2 N–H and O–H groups in total. The van der Waals surface area contributed by atoms with Gasteiger partial charge in [0.2, 0.25) is 0 Å². The zero-order valence-corrected chi connectivity index (χ0v) is 7.32.